The lowest BCUT2D eigenvalue weighted by molar-refractivity contribution is -0.127. The van der Waals surface area contributed by atoms with Gasteiger partial charge in [-0.3, -0.25) is 14.2 Å². The molecule has 1 aliphatic heterocycles. The first-order valence-electron chi connectivity index (χ1n) is 15.4. The molecule has 3 heterocycles. The SMILES string of the molecule is CCN(CC)C(=O)C1=C(C)N=c2s/c(=C/c3cn(Cc4ccccc4C#N)c4ccccc34)c(=O)n2[C@@H]1c1cc(OC)ccc1OC. The fraction of sp³-hybridized carbons (Fsp3) is 0.243. The van der Waals surface area contributed by atoms with Crippen molar-refractivity contribution in [3.05, 3.63) is 126 Å². The van der Waals surface area contributed by atoms with Crippen LogP contribution in [0.25, 0.3) is 17.0 Å². The van der Waals surface area contributed by atoms with Gasteiger partial charge in [0.2, 0.25) is 0 Å². The topological polar surface area (TPSA) is 102 Å². The summed E-state index contributed by atoms with van der Waals surface area (Å²) in [4.78, 5) is 35.6. The van der Waals surface area contributed by atoms with E-state index in [9.17, 15) is 14.9 Å². The Labute approximate surface area is 276 Å². The van der Waals surface area contributed by atoms with E-state index in [2.05, 4.69) is 10.6 Å². The van der Waals surface area contributed by atoms with Crippen LogP contribution in [-0.2, 0) is 11.3 Å². The summed E-state index contributed by atoms with van der Waals surface area (Å²) in [7, 11) is 3.15. The summed E-state index contributed by atoms with van der Waals surface area (Å²) in [5.41, 5.74) is 4.74. The van der Waals surface area contributed by atoms with Gasteiger partial charge in [0.15, 0.2) is 4.80 Å². The van der Waals surface area contributed by atoms with Gasteiger partial charge < -0.3 is 18.9 Å². The Morgan fingerprint density at radius 3 is 2.53 bits per heavy atom. The maximum absolute atomic E-state index is 14.5. The highest BCUT2D eigenvalue weighted by atomic mass is 32.1. The van der Waals surface area contributed by atoms with E-state index >= 15 is 0 Å². The van der Waals surface area contributed by atoms with Crippen LogP contribution in [0.4, 0.5) is 0 Å². The molecule has 2 aromatic heterocycles. The molecule has 238 valence electrons. The highest BCUT2D eigenvalue weighted by Crippen LogP contribution is 2.38. The number of fused-ring (bicyclic) bond motifs is 2. The second kappa shape index (κ2) is 13.1. The number of amides is 1. The molecule has 0 unspecified atom stereocenters. The van der Waals surface area contributed by atoms with Gasteiger partial charge in [0.1, 0.15) is 17.5 Å². The van der Waals surface area contributed by atoms with Crippen molar-refractivity contribution >= 4 is 34.2 Å². The first kappa shape index (κ1) is 31.6. The van der Waals surface area contributed by atoms with E-state index in [1.54, 1.807) is 35.8 Å². The monoisotopic (exact) mass is 645 g/mol. The maximum atomic E-state index is 14.5. The molecule has 6 rings (SSSR count). The summed E-state index contributed by atoms with van der Waals surface area (Å²) in [6.45, 7) is 7.22. The molecule has 0 saturated heterocycles. The Kier molecular flexibility index (Phi) is 8.83. The molecule has 0 radical (unpaired) electrons. The molecule has 3 aromatic carbocycles. The highest BCUT2D eigenvalue weighted by molar-refractivity contribution is 7.07. The van der Waals surface area contributed by atoms with Crippen molar-refractivity contribution in [3.8, 4) is 17.6 Å². The first-order valence-corrected chi connectivity index (χ1v) is 16.2. The van der Waals surface area contributed by atoms with E-state index in [0.717, 1.165) is 22.0 Å². The quantitative estimate of drug-likeness (QED) is 0.225. The number of aromatic nitrogens is 2. The van der Waals surface area contributed by atoms with Crippen molar-refractivity contribution in [2.75, 3.05) is 27.3 Å². The third kappa shape index (κ3) is 5.64. The maximum Gasteiger partial charge on any atom is 0.271 e. The molecule has 1 atom stereocenters. The van der Waals surface area contributed by atoms with Crippen LogP contribution in [0.1, 0.15) is 49.1 Å². The predicted molar refractivity (Wildman–Crippen MR) is 183 cm³/mol. The van der Waals surface area contributed by atoms with Crippen LogP contribution in [0, 0.1) is 11.3 Å². The lowest BCUT2D eigenvalue weighted by Crippen LogP contribution is -2.43. The molecule has 0 spiro atoms. The van der Waals surface area contributed by atoms with E-state index in [1.807, 2.05) is 87.6 Å². The van der Waals surface area contributed by atoms with Crippen LogP contribution >= 0.6 is 11.3 Å². The molecular formula is C37H35N5O4S. The van der Waals surface area contributed by atoms with Crippen molar-refractivity contribution in [3.63, 3.8) is 0 Å². The number of methoxy groups -OCH3 is 2. The summed E-state index contributed by atoms with van der Waals surface area (Å²) in [5, 5.41) is 10.6. The molecule has 10 heteroatoms. The number of rotatable bonds is 9. The number of ether oxygens (including phenoxy) is 2. The van der Waals surface area contributed by atoms with Crippen LogP contribution in [-0.4, -0.2) is 47.3 Å². The second-order valence-corrected chi connectivity index (χ2v) is 12.2. The number of nitrogens with zero attached hydrogens (tertiary/aromatic N) is 5. The molecule has 1 aliphatic rings. The number of thiazole rings is 1. The zero-order valence-electron chi connectivity index (χ0n) is 27.0. The number of allylic oxidation sites excluding steroid dienone is 1. The number of hydrogen-bond acceptors (Lipinski definition) is 7. The van der Waals surface area contributed by atoms with Gasteiger partial charge in [-0.2, -0.15) is 5.26 Å². The third-order valence-corrected chi connectivity index (χ3v) is 9.60. The van der Waals surface area contributed by atoms with Crippen molar-refractivity contribution in [1.29, 1.82) is 5.26 Å². The van der Waals surface area contributed by atoms with Gasteiger partial charge in [-0.25, -0.2) is 4.99 Å². The van der Waals surface area contributed by atoms with E-state index in [1.165, 1.54) is 11.3 Å². The minimum absolute atomic E-state index is 0.180. The number of hydrogen-bond donors (Lipinski definition) is 0. The summed E-state index contributed by atoms with van der Waals surface area (Å²) < 4.78 is 15.5. The summed E-state index contributed by atoms with van der Waals surface area (Å²) in [6.07, 6.45) is 3.91. The standard InChI is InChI=1S/C37H35N5O4S/c1-6-40(7-2)36(44)33-23(3)39-37-42(34(33)29-19-27(45-4)16-17-31(29)46-5)35(43)32(47-37)18-26-22-41(30-15-11-10-14-28(26)30)21-25-13-9-8-12-24(25)20-38/h8-19,22,34H,6-7,21H2,1-5H3/b32-18+/t34-/m1/s1. The third-order valence-electron chi connectivity index (χ3n) is 8.62. The zero-order valence-corrected chi connectivity index (χ0v) is 27.8. The van der Waals surface area contributed by atoms with Crippen LogP contribution in [0.3, 0.4) is 0 Å². The Hall–Kier alpha value is -5.40. The molecule has 1 amide bonds. The lowest BCUT2D eigenvalue weighted by atomic mass is 9.93. The Balaban J connectivity index is 1.56. The van der Waals surface area contributed by atoms with Crippen LogP contribution < -0.4 is 24.4 Å². The number of para-hydroxylation sites is 1. The molecule has 0 fully saturated rings. The molecule has 0 bridgehead atoms. The van der Waals surface area contributed by atoms with Crippen LogP contribution in [0.2, 0.25) is 0 Å². The van der Waals surface area contributed by atoms with E-state index in [4.69, 9.17) is 14.5 Å². The van der Waals surface area contributed by atoms with Gasteiger partial charge in [0.25, 0.3) is 11.5 Å². The zero-order chi connectivity index (χ0) is 33.2. The summed E-state index contributed by atoms with van der Waals surface area (Å²) >= 11 is 1.29. The molecule has 0 aliphatic carbocycles. The van der Waals surface area contributed by atoms with Crippen molar-refractivity contribution in [2.24, 2.45) is 4.99 Å². The predicted octanol–water partition coefficient (Wildman–Crippen LogP) is 5.00. The Morgan fingerprint density at radius 1 is 1.06 bits per heavy atom. The fourth-order valence-corrected chi connectivity index (χ4v) is 7.27. The van der Waals surface area contributed by atoms with Crippen molar-refractivity contribution < 1.29 is 14.3 Å². The van der Waals surface area contributed by atoms with Gasteiger partial charge in [-0.15, -0.1) is 0 Å². The molecular weight excluding hydrogens is 611 g/mol. The number of likely N-dealkylation sites (N-methyl/N-ethyl adjacent to an activating group) is 1. The van der Waals surface area contributed by atoms with E-state index < -0.39 is 6.04 Å². The fourth-order valence-electron chi connectivity index (χ4n) is 6.24. The minimum atomic E-state index is -0.782. The normalized spacial score (nSPS) is 14.5. The lowest BCUT2D eigenvalue weighted by Gasteiger charge is -2.30. The number of carbonyl (C=O) groups is 1. The van der Waals surface area contributed by atoms with Gasteiger partial charge in [0.05, 0.1) is 41.7 Å². The molecule has 5 aromatic rings. The summed E-state index contributed by atoms with van der Waals surface area (Å²) in [5.74, 6) is 0.935. The Bertz CT molecular complexity index is 2270. The number of carbonyl (C=O) groups excluding carboxylic acids is 1. The van der Waals surface area contributed by atoms with Gasteiger partial charge >= 0.3 is 0 Å². The summed E-state index contributed by atoms with van der Waals surface area (Å²) in [6, 6.07) is 22.5. The van der Waals surface area contributed by atoms with E-state index in [-0.39, 0.29) is 11.5 Å². The molecule has 0 saturated carbocycles. The average molecular weight is 646 g/mol. The molecule has 47 heavy (non-hydrogen) atoms. The average Bonchev–Trinajstić information content (AvgIpc) is 3.60. The van der Waals surface area contributed by atoms with E-state index in [0.29, 0.717) is 62.9 Å². The van der Waals surface area contributed by atoms with Crippen LogP contribution in [0.5, 0.6) is 11.5 Å². The van der Waals surface area contributed by atoms with Crippen LogP contribution in [0.15, 0.2) is 94.0 Å². The van der Waals surface area contributed by atoms with Crippen molar-refractivity contribution in [1.82, 2.24) is 14.0 Å². The molecule has 9 nitrogen and oxygen atoms in total. The number of benzene rings is 3. The largest absolute Gasteiger partial charge is 0.497 e. The number of nitriles is 1. The smallest absolute Gasteiger partial charge is 0.271 e. The minimum Gasteiger partial charge on any atom is -0.497 e. The van der Waals surface area contributed by atoms with Crippen molar-refractivity contribution in [2.45, 2.75) is 33.4 Å². The van der Waals surface area contributed by atoms with Gasteiger partial charge in [-0.05, 0) is 62.7 Å². The Morgan fingerprint density at radius 2 is 1.81 bits per heavy atom. The highest BCUT2D eigenvalue weighted by Gasteiger charge is 2.36. The first-order chi connectivity index (χ1) is 22.8. The molecule has 0 N–H and O–H groups in total. The second-order valence-electron chi connectivity index (χ2n) is 11.2. The van der Waals surface area contributed by atoms with Gasteiger partial charge in [-0.1, -0.05) is 47.7 Å². The van der Waals surface area contributed by atoms with Gasteiger partial charge in [0, 0.05) is 47.9 Å².